The van der Waals surface area contributed by atoms with Crippen LogP contribution in [0.15, 0.2) is 48.5 Å². The average molecular weight is 368 g/mol. The molecule has 142 valence electrons. The molecular formula is C21H24N2O4. The maximum atomic E-state index is 12.6. The van der Waals surface area contributed by atoms with Gasteiger partial charge in [-0.25, -0.2) is 4.79 Å². The number of carboxylic acid groups (broad SMARTS) is 1. The highest BCUT2D eigenvalue weighted by atomic mass is 16.4. The number of hydrogen-bond acceptors (Lipinski definition) is 3. The van der Waals surface area contributed by atoms with Crippen LogP contribution in [0.2, 0.25) is 0 Å². The molecule has 2 rings (SSSR count). The van der Waals surface area contributed by atoms with Crippen LogP contribution in [-0.2, 0) is 11.3 Å². The maximum absolute atomic E-state index is 12.6. The molecule has 0 heterocycles. The van der Waals surface area contributed by atoms with Crippen molar-refractivity contribution in [3.63, 3.8) is 0 Å². The molecule has 0 aromatic heterocycles. The fourth-order valence-electron chi connectivity index (χ4n) is 2.65. The molecule has 2 aromatic carbocycles. The van der Waals surface area contributed by atoms with E-state index < -0.39 is 12.0 Å². The summed E-state index contributed by atoms with van der Waals surface area (Å²) in [6.07, 6.45) is 0. The summed E-state index contributed by atoms with van der Waals surface area (Å²) in [5.41, 5.74) is 2.35. The Bertz CT molecular complexity index is 828. The van der Waals surface area contributed by atoms with Crippen molar-refractivity contribution in [1.82, 2.24) is 10.6 Å². The third-order valence-corrected chi connectivity index (χ3v) is 4.29. The van der Waals surface area contributed by atoms with Gasteiger partial charge in [0.2, 0.25) is 5.91 Å². The Hall–Kier alpha value is -3.15. The first kappa shape index (κ1) is 20.2. The molecule has 1 unspecified atom stereocenters. The molecule has 0 aliphatic rings. The van der Waals surface area contributed by atoms with Gasteiger partial charge in [-0.05, 0) is 42.2 Å². The highest BCUT2D eigenvalue weighted by molar-refractivity contribution is 5.98. The number of carboxylic acids is 1. The molecule has 6 heteroatoms. The zero-order valence-corrected chi connectivity index (χ0v) is 15.7. The normalized spacial score (nSPS) is 11.7. The van der Waals surface area contributed by atoms with Crippen molar-refractivity contribution in [3.8, 4) is 0 Å². The number of carbonyl (C=O) groups is 3. The van der Waals surface area contributed by atoms with Gasteiger partial charge < -0.3 is 15.7 Å². The van der Waals surface area contributed by atoms with Gasteiger partial charge in [0.1, 0.15) is 6.04 Å². The Morgan fingerprint density at radius 1 is 1.00 bits per heavy atom. The molecule has 0 radical (unpaired) electrons. The largest absolute Gasteiger partial charge is 0.478 e. The predicted molar refractivity (Wildman–Crippen MR) is 103 cm³/mol. The van der Waals surface area contributed by atoms with Crippen LogP contribution >= 0.6 is 0 Å². The van der Waals surface area contributed by atoms with Crippen molar-refractivity contribution >= 4 is 17.8 Å². The minimum Gasteiger partial charge on any atom is -0.478 e. The summed E-state index contributed by atoms with van der Waals surface area (Å²) in [6.45, 7) is 5.83. The first-order valence-corrected chi connectivity index (χ1v) is 8.76. The van der Waals surface area contributed by atoms with Gasteiger partial charge in [-0.2, -0.15) is 0 Å². The lowest BCUT2D eigenvalue weighted by atomic mass is 10.0. The van der Waals surface area contributed by atoms with Gasteiger partial charge >= 0.3 is 5.97 Å². The van der Waals surface area contributed by atoms with E-state index in [9.17, 15) is 14.4 Å². The van der Waals surface area contributed by atoms with Gasteiger partial charge in [0.15, 0.2) is 0 Å². The quantitative estimate of drug-likeness (QED) is 0.700. The second-order valence-electron chi connectivity index (χ2n) is 6.73. The van der Waals surface area contributed by atoms with Crippen LogP contribution in [0.4, 0.5) is 0 Å². The summed E-state index contributed by atoms with van der Waals surface area (Å²) >= 11 is 0. The molecule has 0 aliphatic carbocycles. The standard InChI is InChI=1S/C21H24N2O4/c1-13(2)18(23-19(24)17-7-5-4-6-14(17)3)20(25)22-12-15-8-10-16(11-9-15)21(26)27/h4-11,13,18H,12H2,1-3H3,(H,22,25)(H,23,24)(H,26,27). The number of rotatable bonds is 7. The van der Waals surface area contributed by atoms with E-state index in [1.165, 1.54) is 12.1 Å². The first-order chi connectivity index (χ1) is 12.8. The molecule has 6 nitrogen and oxygen atoms in total. The zero-order valence-electron chi connectivity index (χ0n) is 15.7. The maximum Gasteiger partial charge on any atom is 0.335 e. The summed E-state index contributed by atoms with van der Waals surface area (Å²) in [6, 6.07) is 12.8. The van der Waals surface area contributed by atoms with Crippen molar-refractivity contribution in [2.75, 3.05) is 0 Å². The summed E-state index contributed by atoms with van der Waals surface area (Å²) in [5.74, 6) is -1.65. The summed E-state index contributed by atoms with van der Waals surface area (Å²) < 4.78 is 0. The highest BCUT2D eigenvalue weighted by Crippen LogP contribution is 2.10. The SMILES string of the molecule is Cc1ccccc1C(=O)NC(C(=O)NCc1ccc(C(=O)O)cc1)C(C)C. The van der Waals surface area contributed by atoms with Gasteiger partial charge in [0.05, 0.1) is 5.56 Å². The van der Waals surface area contributed by atoms with E-state index in [4.69, 9.17) is 5.11 Å². The van der Waals surface area contributed by atoms with Crippen molar-refractivity contribution in [2.45, 2.75) is 33.4 Å². The molecular weight excluding hydrogens is 344 g/mol. The Kier molecular flexibility index (Phi) is 6.71. The summed E-state index contributed by atoms with van der Waals surface area (Å²) in [4.78, 5) is 36.0. The molecule has 0 fully saturated rings. The molecule has 0 bridgehead atoms. The molecule has 0 saturated carbocycles. The number of aromatic carboxylic acids is 1. The van der Waals surface area contributed by atoms with Crippen molar-refractivity contribution in [2.24, 2.45) is 5.92 Å². The van der Waals surface area contributed by atoms with Gasteiger partial charge in [0.25, 0.3) is 5.91 Å². The Morgan fingerprint density at radius 2 is 1.63 bits per heavy atom. The number of carbonyl (C=O) groups excluding carboxylic acids is 2. The average Bonchev–Trinajstić information content (AvgIpc) is 2.64. The van der Waals surface area contributed by atoms with Crippen molar-refractivity contribution in [3.05, 3.63) is 70.8 Å². The smallest absolute Gasteiger partial charge is 0.335 e. The first-order valence-electron chi connectivity index (χ1n) is 8.76. The van der Waals surface area contributed by atoms with E-state index in [1.807, 2.05) is 32.9 Å². The van der Waals surface area contributed by atoms with Crippen LogP contribution in [0.25, 0.3) is 0 Å². The molecule has 2 aromatic rings. The molecule has 3 N–H and O–H groups in total. The fraction of sp³-hybridized carbons (Fsp3) is 0.286. The molecule has 0 saturated heterocycles. The number of amides is 2. The van der Waals surface area contributed by atoms with Crippen LogP contribution in [0.5, 0.6) is 0 Å². The minimum absolute atomic E-state index is 0.0904. The van der Waals surface area contributed by atoms with E-state index in [0.29, 0.717) is 5.56 Å². The topological polar surface area (TPSA) is 95.5 Å². The van der Waals surface area contributed by atoms with Gasteiger partial charge in [-0.1, -0.05) is 44.2 Å². The zero-order chi connectivity index (χ0) is 20.0. The molecule has 27 heavy (non-hydrogen) atoms. The lowest BCUT2D eigenvalue weighted by Crippen LogP contribution is -2.49. The summed E-state index contributed by atoms with van der Waals surface area (Å²) in [7, 11) is 0. The highest BCUT2D eigenvalue weighted by Gasteiger charge is 2.24. The van der Waals surface area contributed by atoms with E-state index in [0.717, 1.165) is 11.1 Å². The third-order valence-electron chi connectivity index (χ3n) is 4.29. The van der Waals surface area contributed by atoms with Gasteiger partial charge in [0, 0.05) is 12.1 Å². The van der Waals surface area contributed by atoms with Crippen molar-refractivity contribution in [1.29, 1.82) is 0 Å². The van der Waals surface area contributed by atoms with Crippen molar-refractivity contribution < 1.29 is 19.5 Å². The fourth-order valence-corrected chi connectivity index (χ4v) is 2.65. The second-order valence-corrected chi connectivity index (χ2v) is 6.73. The lowest BCUT2D eigenvalue weighted by molar-refractivity contribution is -0.124. The number of benzene rings is 2. The van der Waals surface area contributed by atoms with Crippen LogP contribution < -0.4 is 10.6 Å². The van der Waals surface area contributed by atoms with Crippen LogP contribution in [0.3, 0.4) is 0 Å². The number of aryl methyl sites for hydroxylation is 1. The predicted octanol–water partition coefficient (Wildman–Crippen LogP) is 2.76. The van der Waals surface area contributed by atoms with Gasteiger partial charge in [-0.15, -0.1) is 0 Å². The number of hydrogen-bond donors (Lipinski definition) is 3. The summed E-state index contributed by atoms with van der Waals surface area (Å²) in [5, 5.41) is 14.5. The second kappa shape index (κ2) is 8.98. The molecule has 0 spiro atoms. The molecule has 0 aliphatic heterocycles. The van der Waals surface area contributed by atoms with Gasteiger partial charge in [-0.3, -0.25) is 9.59 Å². The van der Waals surface area contributed by atoms with E-state index in [-0.39, 0.29) is 29.8 Å². The minimum atomic E-state index is -0.996. The number of nitrogens with one attached hydrogen (secondary N) is 2. The van der Waals surface area contributed by atoms with E-state index in [2.05, 4.69) is 10.6 Å². The monoisotopic (exact) mass is 368 g/mol. The lowest BCUT2D eigenvalue weighted by Gasteiger charge is -2.22. The molecule has 2 amide bonds. The Balaban J connectivity index is 2.01. The van der Waals surface area contributed by atoms with Crippen LogP contribution in [0, 0.1) is 12.8 Å². The van der Waals surface area contributed by atoms with Crippen LogP contribution in [-0.4, -0.2) is 28.9 Å². The third kappa shape index (κ3) is 5.41. The van der Waals surface area contributed by atoms with E-state index in [1.54, 1.807) is 24.3 Å². The Morgan fingerprint density at radius 3 is 2.19 bits per heavy atom. The Labute approximate surface area is 158 Å². The molecule has 1 atom stereocenters. The van der Waals surface area contributed by atoms with Crippen LogP contribution in [0.1, 0.15) is 45.7 Å². The van der Waals surface area contributed by atoms with E-state index >= 15 is 0 Å².